The molecule has 0 aromatic heterocycles. The van der Waals surface area contributed by atoms with Gasteiger partial charge in [-0.1, -0.05) is 6.07 Å². The van der Waals surface area contributed by atoms with Crippen LogP contribution in [0.3, 0.4) is 0 Å². The summed E-state index contributed by atoms with van der Waals surface area (Å²) in [5.41, 5.74) is 7.84. The molecule has 0 saturated carbocycles. The molecule has 0 bridgehead atoms. The molecule has 0 radical (unpaired) electrons. The van der Waals surface area contributed by atoms with E-state index in [-0.39, 0.29) is 11.7 Å². The minimum absolute atomic E-state index is 0.0419. The van der Waals surface area contributed by atoms with Crippen molar-refractivity contribution >= 4 is 5.69 Å². The Kier molecular flexibility index (Phi) is 3.85. The van der Waals surface area contributed by atoms with Crippen LogP contribution in [-0.2, 0) is 9.47 Å². The summed E-state index contributed by atoms with van der Waals surface area (Å²) < 4.78 is 17.6. The first-order valence-corrected chi connectivity index (χ1v) is 7.41. The van der Waals surface area contributed by atoms with Crippen molar-refractivity contribution in [1.29, 1.82) is 0 Å². The van der Waals surface area contributed by atoms with Gasteiger partial charge >= 0.3 is 0 Å². The Labute approximate surface area is 120 Å². The van der Waals surface area contributed by atoms with E-state index in [1.807, 2.05) is 18.2 Å². The van der Waals surface area contributed by atoms with Crippen molar-refractivity contribution in [3.63, 3.8) is 0 Å². The largest absolute Gasteiger partial charge is 0.488 e. The van der Waals surface area contributed by atoms with Crippen molar-refractivity contribution in [2.75, 3.05) is 25.6 Å². The highest BCUT2D eigenvalue weighted by molar-refractivity contribution is 5.53. The molecule has 1 spiro atoms. The van der Waals surface area contributed by atoms with Crippen LogP contribution >= 0.6 is 0 Å². The first kappa shape index (κ1) is 13.7. The monoisotopic (exact) mass is 277 g/mol. The molecule has 2 aliphatic rings. The summed E-state index contributed by atoms with van der Waals surface area (Å²) in [6, 6.07) is 5.93. The molecule has 1 unspecified atom stereocenters. The number of benzene rings is 1. The maximum absolute atomic E-state index is 6.15. The van der Waals surface area contributed by atoms with Gasteiger partial charge in [0.1, 0.15) is 11.9 Å². The van der Waals surface area contributed by atoms with Crippen LogP contribution in [0, 0.1) is 6.92 Å². The van der Waals surface area contributed by atoms with Crippen molar-refractivity contribution in [2.24, 2.45) is 0 Å². The maximum atomic E-state index is 6.15. The van der Waals surface area contributed by atoms with Crippen LogP contribution in [0.2, 0.25) is 0 Å². The molecule has 1 aromatic carbocycles. The summed E-state index contributed by atoms with van der Waals surface area (Å²) in [6.07, 6.45) is 3.98. The molecule has 0 amide bonds. The molecule has 2 N–H and O–H groups in total. The van der Waals surface area contributed by atoms with E-state index in [0.29, 0.717) is 5.69 Å². The second-order valence-electron chi connectivity index (χ2n) is 5.92. The van der Waals surface area contributed by atoms with Crippen molar-refractivity contribution in [1.82, 2.24) is 0 Å². The third-order valence-corrected chi connectivity index (χ3v) is 4.31. The molecular formula is C16H23NO3. The van der Waals surface area contributed by atoms with E-state index in [1.54, 1.807) is 0 Å². The molecule has 2 heterocycles. The highest BCUT2D eigenvalue weighted by Gasteiger charge is 2.39. The number of aryl methyl sites for hydroxylation is 1. The SMILES string of the molecule is Cc1ccc(N)c(OC2CCOC3(CCOCC3)C2)c1. The number of anilines is 1. The molecule has 20 heavy (non-hydrogen) atoms. The van der Waals surface area contributed by atoms with E-state index in [4.69, 9.17) is 19.9 Å². The summed E-state index contributed by atoms with van der Waals surface area (Å²) in [4.78, 5) is 0. The Bertz CT molecular complexity index is 463. The van der Waals surface area contributed by atoms with Crippen LogP contribution in [0.15, 0.2) is 18.2 Å². The highest BCUT2D eigenvalue weighted by atomic mass is 16.5. The molecule has 3 rings (SSSR count). The zero-order valence-corrected chi connectivity index (χ0v) is 12.1. The van der Waals surface area contributed by atoms with Crippen molar-refractivity contribution in [3.8, 4) is 5.75 Å². The lowest BCUT2D eigenvalue weighted by Crippen LogP contribution is -2.47. The Hall–Kier alpha value is -1.26. The fourth-order valence-corrected chi connectivity index (χ4v) is 3.10. The number of ether oxygens (including phenoxy) is 3. The lowest BCUT2D eigenvalue weighted by Gasteiger charge is -2.43. The van der Waals surface area contributed by atoms with Gasteiger partial charge in [-0.25, -0.2) is 0 Å². The van der Waals surface area contributed by atoms with Gasteiger partial charge in [0, 0.05) is 26.1 Å². The smallest absolute Gasteiger partial charge is 0.142 e. The number of rotatable bonds is 2. The van der Waals surface area contributed by atoms with E-state index < -0.39 is 0 Å². The van der Waals surface area contributed by atoms with E-state index in [0.717, 1.165) is 51.3 Å². The second kappa shape index (κ2) is 5.62. The molecule has 2 aliphatic heterocycles. The van der Waals surface area contributed by atoms with Gasteiger partial charge in [-0.3, -0.25) is 0 Å². The molecule has 2 fully saturated rings. The van der Waals surface area contributed by atoms with Crippen molar-refractivity contribution in [2.45, 2.75) is 44.3 Å². The zero-order chi connectivity index (χ0) is 14.0. The van der Waals surface area contributed by atoms with E-state index in [9.17, 15) is 0 Å². The van der Waals surface area contributed by atoms with E-state index in [2.05, 4.69) is 6.92 Å². The molecule has 1 atom stereocenters. The normalized spacial score (nSPS) is 25.6. The second-order valence-corrected chi connectivity index (χ2v) is 5.92. The van der Waals surface area contributed by atoms with Crippen molar-refractivity contribution < 1.29 is 14.2 Å². The Morgan fingerprint density at radius 3 is 2.85 bits per heavy atom. The quantitative estimate of drug-likeness (QED) is 0.844. The fraction of sp³-hybridized carbons (Fsp3) is 0.625. The molecule has 4 nitrogen and oxygen atoms in total. The first-order chi connectivity index (χ1) is 9.67. The fourth-order valence-electron chi connectivity index (χ4n) is 3.10. The van der Waals surface area contributed by atoms with Crippen molar-refractivity contribution in [3.05, 3.63) is 23.8 Å². The highest BCUT2D eigenvalue weighted by Crippen LogP contribution is 2.36. The van der Waals surface area contributed by atoms with Gasteiger partial charge in [0.2, 0.25) is 0 Å². The maximum Gasteiger partial charge on any atom is 0.142 e. The number of hydrogen-bond acceptors (Lipinski definition) is 4. The number of nitrogen functional groups attached to an aromatic ring is 1. The number of hydrogen-bond donors (Lipinski definition) is 1. The third kappa shape index (κ3) is 2.91. The van der Waals surface area contributed by atoms with Crippen LogP contribution < -0.4 is 10.5 Å². The van der Waals surface area contributed by atoms with E-state index >= 15 is 0 Å². The van der Waals surface area contributed by atoms with Gasteiger partial charge in [0.15, 0.2) is 0 Å². The van der Waals surface area contributed by atoms with E-state index in [1.165, 1.54) is 5.56 Å². The lowest BCUT2D eigenvalue weighted by molar-refractivity contribution is -0.155. The minimum atomic E-state index is -0.0419. The van der Waals surface area contributed by atoms with Crippen LogP contribution in [-0.4, -0.2) is 31.5 Å². The summed E-state index contributed by atoms with van der Waals surface area (Å²) in [5.74, 6) is 0.805. The summed E-state index contributed by atoms with van der Waals surface area (Å²) in [7, 11) is 0. The van der Waals surface area contributed by atoms with Gasteiger partial charge in [-0.05, 0) is 37.5 Å². The van der Waals surface area contributed by atoms with Gasteiger partial charge in [0.25, 0.3) is 0 Å². The van der Waals surface area contributed by atoms with Gasteiger partial charge in [-0.2, -0.15) is 0 Å². The Morgan fingerprint density at radius 2 is 2.05 bits per heavy atom. The predicted molar refractivity (Wildman–Crippen MR) is 78.0 cm³/mol. The van der Waals surface area contributed by atoms with Crippen LogP contribution in [0.4, 0.5) is 5.69 Å². The average molecular weight is 277 g/mol. The standard InChI is InChI=1S/C16H23NO3/c1-12-2-3-14(17)15(10-12)20-13-4-7-19-16(11-13)5-8-18-9-6-16/h2-3,10,13H,4-9,11,17H2,1H3. The first-order valence-electron chi connectivity index (χ1n) is 7.41. The molecule has 110 valence electrons. The molecule has 4 heteroatoms. The van der Waals surface area contributed by atoms with Crippen LogP contribution in [0.5, 0.6) is 5.75 Å². The van der Waals surface area contributed by atoms with Crippen LogP contribution in [0.25, 0.3) is 0 Å². The molecular weight excluding hydrogens is 254 g/mol. The average Bonchev–Trinajstić information content (AvgIpc) is 2.44. The third-order valence-electron chi connectivity index (χ3n) is 4.31. The Balaban J connectivity index is 1.69. The predicted octanol–water partition coefficient (Wildman–Crippen LogP) is 2.68. The Morgan fingerprint density at radius 1 is 1.25 bits per heavy atom. The summed E-state index contributed by atoms with van der Waals surface area (Å²) >= 11 is 0. The van der Waals surface area contributed by atoms with Gasteiger partial charge in [-0.15, -0.1) is 0 Å². The lowest BCUT2D eigenvalue weighted by atomic mass is 9.85. The van der Waals surface area contributed by atoms with Gasteiger partial charge in [0.05, 0.1) is 17.9 Å². The molecule has 0 aliphatic carbocycles. The minimum Gasteiger partial charge on any atom is -0.488 e. The summed E-state index contributed by atoms with van der Waals surface area (Å²) in [6.45, 7) is 4.39. The number of nitrogens with two attached hydrogens (primary N) is 1. The molecule has 2 saturated heterocycles. The van der Waals surface area contributed by atoms with Crippen LogP contribution in [0.1, 0.15) is 31.2 Å². The summed E-state index contributed by atoms with van der Waals surface area (Å²) in [5, 5.41) is 0. The molecule has 1 aromatic rings. The van der Waals surface area contributed by atoms with Gasteiger partial charge < -0.3 is 19.9 Å². The topological polar surface area (TPSA) is 53.7 Å². The zero-order valence-electron chi connectivity index (χ0n) is 12.1.